The highest BCUT2D eigenvalue weighted by atomic mass is 16.5. The standard InChI is InChI=1S/C25H24N2O6/c28-20-11-9-19(10-12-20)27(25(31)18-5-2-1-3-6-18)14-13-26-15-16-32-24-21(26)7-4-8-22(24)33-17-23(29)30/h1-12,28H,13-17H2,(H,29,30). The maximum absolute atomic E-state index is 13.3. The van der Waals surface area contributed by atoms with Gasteiger partial charge in [0.2, 0.25) is 0 Å². The molecule has 1 aliphatic heterocycles. The number of rotatable bonds is 8. The van der Waals surface area contributed by atoms with Gasteiger partial charge < -0.3 is 29.5 Å². The maximum atomic E-state index is 13.3. The number of aromatic hydroxyl groups is 1. The summed E-state index contributed by atoms with van der Waals surface area (Å²) in [7, 11) is 0. The molecule has 8 heteroatoms. The molecule has 0 saturated carbocycles. The van der Waals surface area contributed by atoms with Gasteiger partial charge in [-0.2, -0.15) is 0 Å². The lowest BCUT2D eigenvalue weighted by atomic mass is 10.1. The van der Waals surface area contributed by atoms with Crippen LogP contribution < -0.4 is 19.3 Å². The van der Waals surface area contributed by atoms with Gasteiger partial charge in [-0.25, -0.2) is 4.79 Å². The second-order valence-electron chi connectivity index (χ2n) is 7.46. The molecular formula is C25H24N2O6. The smallest absolute Gasteiger partial charge is 0.341 e. The van der Waals surface area contributed by atoms with Gasteiger partial charge in [0.05, 0.1) is 12.2 Å². The molecule has 0 fully saturated rings. The van der Waals surface area contributed by atoms with Gasteiger partial charge in [-0.3, -0.25) is 4.79 Å². The third-order valence-corrected chi connectivity index (χ3v) is 5.28. The van der Waals surface area contributed by atoms with Crippen molar-refractivity contribution in [2.24, 2.45) is 0 Å². The molecular weight excluding hydrogens is 424 g/mol. The highest BCUT2D eigenvalue weighted by molar-refractivity contribution is 6.06. The summed E-state index contributed by atoms with van der Waals surface area (Å²) < 4.78 is 11.1. The van der Waals surface area contributed by atoms with Crippen molar-refractivity contribution in [3.05, 3.63) is 78.4 Å². The van der Waals surface area contributed by atoms with Crippen molar-refractivity contribution in [1.82, 2.24) is 0 Å². The topological polar surface area (TPSA) is 99.5 Å². The first-order valence-electron chi connectivity index (χ1n) is 10.5. The molecule has 170 valence electrons. The Kier molecular flexibility index (Phi) is 6.64. The fourth-order valence-corrected chi connectivity index (χ4v) is 3.70. The minimum Gasteiger partial charge on any atom is -0.508 e. The molecule has 33 heavy (non-hydrogen) atoms. The molecule has 1 heterocycles. The van der Waals surface area contributed by atoms with Gasteiger partial charge in [0.15, 0.2) is 18.1 Å². The predicted molar refractivity (Wildman–Crippen MR) is 124 cm³/mol. The average molecular weight is 448 g/mol. The number of amides is 1. The minimum atomic E-state index is -1.07. The van der Waals surface area contributed by atoms with Crippen molar-refractivity contribution >= 4 is 23.3 Å². The molecule has 3 aromatic rings. The molecule has 0 unspecified atom stereocenters. The van der Waals surface area contributed by atoms with E-state index in [0.717, 1.165) is 5.69 Å². The van der Waals surface area contributed by atoms with Crippen LogP contribution in [0.15, 0.2) is 72.8 Å². The van der Waals surface area contributed by atoms with E-state index in [0.29, 0.717) is 49.0 Å². The van der Waals surface area contributed by atoms with Crippen LogP contribution in [0.1, 0.15) is 10.4 Å². The van der Waals surface area contributed by atoms with Crippen LogP contribution in [0.5, 0.6) is 17.2 Å². The van der Waals surface area contributed by atoms with Crippen molar-refractivity contribution in [2.45, 2.75) is 0 Å². The van der Waals surface area contributed by atoms with Gasteiger partial charge in [0.1, 0.15) is 12.4 Å². The lowest BCUT2D eigenvalue weighted by molar-refractivity contribution is -0.139. The van der Waals surface area contributed by atoms with Crippen molar-refractivity contribution in [1.29, 1.82) is 0 Å². The number of hydrogen-bond acceptors (Lipinski definition) is 6. The summed E-state index contributed by atoms with van der Waals surface area (Å²) in [4.78, 5) is 27.9. The molecule has 2 N–H and O–H groups in total. The Morgan fingerprint density at radius 2 is 1.76 bits per heavy atom. The molecule has 8 nitrogen and oxygen atoms in total. The number of nitrogens with zero attached hydrogens (tertiary/aromatic N) is 2. The van der Waals surface area contributed by atoms with E-state index in [-0.39, 0.29) is 11.7 Å². The number of fused-ring (bicyclic) bond motifs is 1. The number of hydrogen-bond donors (Lipinski definition) is 2. The van der Waals surface area contributed by atoms with Crippen LogP contribution in [-0.4, -0.2) is 54.9 Å². The van der Waals surface area contributed by atoms with Gasteiger partial charge in [-0.15, -0.1) is 0 Å². The van der Waals surface area contributed by atoms with Crippen LogP contribution in [-0.2, 0) is 4.79 Å². The maximum Gasteiger partial charge on any atom is 0.341 e. The summed E-state index contributed by atoms with van der Waals surface area (Å²) in [5.74, 6) is -0.217. The Balaban J connectivity index is 1.56. The quantitative estimate of drug-likeness (QED) is 0.545. The normalized spacial score (nSPS) is 12.4. The number of carboxylic acid groups (broad SMARTS) is 1. The molecule has 0 saturated heterocycles. The summed E-state index contributed by atoms with van der Waals surface area (Å²) in [6.45, 7) is 1.46. The number of anilines is 2. The van der Waals surface area contributed by atoms with Crippen LogP contribution in [0.4, 0.5) is 11.4 Å². The number of phenols is 1. The third-order valence-electron chi connectivity index (χ3n) is 5.28. The van der Waals surface area contributed by atoms with Crippen LogP contribution in [0.25, 0.3) is 0 Å². The van der Waals surface area contributed by atoms with Gasteiger partial charge in [-0.1, -0.05) is 24.3 Å². The third kappa shape index (κ3) is 5.17. The number of carbonyl (C=O) groups is 2. The van der Waals surface area contributed by atoms with E-state index in [1.807, 2.05) is 24.3 Å². The Labute approximate surface area is 191 Å². The largest absolute Gasteiger partial charge is 0.508 e. The number of carboxylic acids is 1. The summed E-state index contributed by atoms with van der Waals surface area (Å²) in [5, 5.41) is 18.6. The summed E-state index contributed by atoms with van der Waals surface area (Å²) in [5.41, 5.74) is 2.02. The molecule has 0 aliphatic carbocycles. The minimum absolute atomic E-state index is 0.127. The monoisotopic (exact) mass is 448 g/mol. The zero-order valence-electron chi connectivity index (χ0n) is 17.9. The SMILES string of the molecule is O=C(O)COc1cccc2c1OCCN2CCN(C(=O)c1ccccc1)c1ccc(O)cc1. The van der Waals surface area contributed by atoms with Gasteiger partial charge in [-0.05, 0) is 48.5 Å². The highest BCUT2D eigenvalue weighted by Crippen LogP contribution is 2.39. The molecule has 0 bridgehead atoms. The zero-order valence-corrected chi connectivity index (χ0v) is 17.9. The van der Waals surface area contributed by atoms with E-state index in [9.17, 15) is 14.7 Å². The Bertz CT molecular complexity index is 1120. The fourth-order valence-electron chi connectivity index (χ4n) is 3.70. The van der Waals surface area contributed by atoms with Crippen LogP contribution in [0.3, 0.4) is 0 Å². The first kappa shape index (κ1) is 22.0. The first-order valence-corrected chi connectivity index (χ1v) is 10.5. The van der Waals surface area contributed by atoms with Crippen LogP contribution in [0, 0.1) is 0 Å². The number of aliphatic carboxylic acids is 1. The van der Waals surface area contributed by atoms with E-state index in [1.165, 1.54) is 0 Å². The molecule has 0 radical (unpaired) electrons. The summed E-state index contributed by atoms with van der Waals surface area (Å²) >= 11 is 0. The van der Waals surface area contributed by atoms with E-state index < -0.39 is 12.6 Å². The van der Waals surface area contributed by atoms with Gasteiger partial charge in [0, 0.05) is 24.3 Å². The van der Waals surface area contributed by atoms with Gasteiger partial charge >= 0.3 is 5.97 Å². The zero-order chi connectivity index (χ0) is 23.2. The molecule has 1 amide bonds. The van der Waals surface area contributed by atoms with E-state index in [2.05, 4.69) is 4.90 Å². The summed E-state index contributed by atoms with van der Waals surface area (Å²) in [6, 6.07) is 20.9. The average Bonchev–Trinajstić information content (AvgIpc) is 2.84. The predicted octanol–water partition coefficient (Wildman–Crippen LogP) is 3.40. The number of carbonyl (C=O) groups excluding carboxylic acids is 1. The lowest BCUT2D eigenvalue weighted by Crippen LogP contribution is -2.41. The van der Waals surface area contributed by atoms with Crippen molar-refractivity contribution in [3.63, 3.8) is 0 Å². The number of ether oxygens (including phenoxy) is 2. The van der Waals surface area contributed by atoms with Crippen LogP contribution in [0.2, 0.25) is 0 Å². The Hall–Kier alpha value is -4.20. The molecule has 4 rings (SSSR count). The second-order valence-corrected chi connectivity index (χ2v) is 7.46. The van der Waals surface area contributed by atoms with E-state index in [4.69, 9.17) is 14.6 Å². The van der Waals surface area contributed by atoms with Crippen molar-refractivity contribution < 1.29 is 29.3 Å². The second kappa shape index (κ2) is 9.95. The number of benzene rings is 3. The van der Waals surface area contributed by atoms with E-state index >= 15 is 0 Å². The molecule has 0 atom stereocenters. The van der Waals surface area contributed by atoms with Crippen LogP contribution >= 0.6 is 0 Å². The van der Waals surface area contributed by atoms with Crippen molar-refractivity contribution in [3.8, 4) is 17.2 Å². The van der Waals surface area contributed by atoms with Gasteiger partial charge in [0.25, 0.3) is 5.91 Å². The van der Waals surface area contributed by atoms with Crippen molar-refractivity contribution in [2.75, 3.05) is 42.6 Å². The Morgan fingerprint density at radius 3 is 2.48 bits per heavy atom. The highest BCUT2D eigenvalue weighted by Gasteiger charge is 2.24. The van der Waals surface area contributed by atoms with E-state index in [1.54, 1.807) is 53.4 Å². The number of para-hydroxylation sites is 1. The Morgan fingerprint density at radius 1 is 1.00 bits per heavy atom. The lowest BCUT2D eigenvalue weighted by Gasteiger charge is -2.34. The number of phenolic OH excluding ortho intramolecular Hbond substituents is 1. The molecule has 0 spiro atoms. The molecule has 0 aromatic heterocycles. The first-order chi connectivity index (χ1) is 16.0. The fraction of sp³-hybridized carbons (Fsp3) is 0.200. The molecule has 1 aliphatic rings. The molecule has 3 aromatic carbocycles. The summed E-state index contributed by atoms with van der Waals surface area (Å²) in [6.07, 6.45) is 0.